The first-order chi connectivity index (χ1) is 8.56. The zero-order valence-corrected chi connectivity index (χ0v) is 12.2. The number of esters is 1. The van der Waals surface area contributed by atoms with Crippen LogP contribution >= 0.6 is 0 Å². The van der Waals surface area contributed by atoms with Gasteiger partial charge in [-0.15, -0.1) is 0 Å². The molecule has 1 N–H and O–H groups in total. The third kappa shape index (κ3) is 5.83. The molecule has 1 saturated carbocycles. The molecule has 1 fully saturated rings. The fraction of sp³-hybridized carbons (Fsp3) is 0.929. The van der Waals surface area contributed by atoms with Gasteiger partial charge in [-0.05, 0) is 32.2 Å². The lowest BCUT2D eigenvalue weighted by molar-refractivity contribution is -0.146. The fourth-order valence-corrected chi connectivity index (χ4v) is 2.08. The van der Waals surface area contributed by atoms with Crippen LogP contribution in [-0.2, 0) is 9.53 Å². The van der Waals surface area contributed by atoms with Gasteiger partial charge in [-0.2, -0.15) is 0 Å². The SMILES string of the molecule is CCOC(=O)C(CN(CC)CC(C)C)NC1CC1. The number of likely N-dealkylation sites (N-methyl/N-ethyl adjacent to an activating group) is 1. The molecule has 0 radical (unpaired) electrons. The third-order valence-corrected chi connectivity index (χ3v) is 3.10. The molecule has 4 nitrogen and oxygen atoms in total. The molecule has 0 aliphatic heterocycles. The first kappa shape index (κ1) is 15.4. The van der Waals surface area contributed by atoms with Gasteiger partial charge in [0.25, 0.3) is 0 Å². The lowest BCUT2D eigenvalue weighted by Crippen LogP contribution is -2.48. The summed E-state index contributed by atoms with van der Waals surface area (Å²) in [6, 6.07) is 0.355. The standard InChI is InChI=1S/C14H28N2O2/c1-5-16(9-11(3)4)10-13(14(17)18-6-2)15-12-7-8-12/h11-13,15H,5-10H2,1-4H3. The van der Waals surface area contributed by atoms with E-state index in [9.17, 15) is 4.79 Å². The second-order valence-corrected chi connectivity index (χ2v) is 5.49. The minimum Gasteiger partial charge on any atom is -0.465 e. The number of carbonyl (C=O) groups excluding carboxylic acids is 1. The Bertz CT molecular complexity index is 252. The van der Waals surface area contributed by atoms with Gasteiger partial charge in [0.1, 0.15) is 6.04 Å². The van der Waals surface area contributed by atoms with Gasteiger partial charge >= 0.3 is 5.97 Å². The largest absolute Gasteiger partial charge is 0.465 e. The summed E-state index contributed by atoms with van der Waals surface area (Å²) in [6.07, 6.45) is 2.37. The van der Waals surface area contributed by atoms with E-state index in [2.05, 4.69) is 31.0 Å². The van der Waals surface area contributed by atoms with Crippen molar-refractivity contribution in [3.63, 3.8) is 0 Å². The molecule has 0 aromatic rings. The maximum atomic E-state index is 11.9. The molecule has 1 atom stereocenters. The summed E-state index contributed by atoms with van der Waals surface area (Å²) >= 11 is 0. The summed E-state index contributed by atoms with van der Waals surface area (Å²) in [4.78, 5) is 14.3. The smallest absolute Gasteiger partial charge is 0.324 e. The number of nitrogens with zero attached hydrogens (tertiary/aromatic N) is 1. The van der Waals surface area contributed by atoms with Crippen molar-refractivity contribution >= 4 is 5.97 Å². The molecule has 1 aliphatic rings. The molecular weight excluding hydrogens is 228 g/mol. The Morgan fingerprint density at radius 1 is 1.33 bits per heavy atom. The van der Waals surface area contributed by atoms with Gasteiger partial charge in [-0.1, -0.05) is 20.8 Å². The molecule has 0 aromatic heterocycles. The van der Waals surface area contributed by atoms with Crippen molar-refractivity contribution in [3.8, 4) is 0 Å². The van der Waals surface area contributed by atoms with E-state index < -0.39 is 0 Å². The zero-order chi connectivity index (χ0) is 13.5. The quantitative estimate of drug-likeness (QED) is 0.637. The number of rotatable bonds is 9. The summed E-state index contributed by atoms with van der Waals surface area (Å²) in [5, 5.41) is 3.40. The van der Waals surface area contributed by atoms with Crippen LogP contribution in [0, 0.1) is 5.92 Å². The van der Waals surface area contributed by atoms with E-state index in [0.717, 1.165) is 19.6 Å². The van der Waals surface area contributed by atoms with Gasteiger partial charge in [-0.3, -0.25) is 4.79 Å². The van der Waals surface area contributed by atoms with Crippen molar-refractivity contribution in [2.45, 2.75) is 52.6 Å². The van der Waals surface area contributed by atoms with E-state index in [1.54, 1.807) is 0 Å². The van der Waals surface area contributed by atoms with Crippen LogP contribution in [0.25, 0.3) is 0 Å². The Morgan fingerprint density at radius 3 is 2.44 bits per heavy atom. The fourth-order valence-electron chi connectivity index (χ4n) is 2.08. The van der Waals surface area contributed by atoms with Crippen LogP contribution in [0.1, 0.15) is 40.5 Å². The van der Waals surface area contributed by atoms with Crippen molar-refractivity contribution < 1.29 is 9.53 Å². The van der Waals surface area contributed by atoms with E-state index in [-0.39, 0.29) is 12.0 Å². The molecule has 0 amide bonds. The number of ether oxygens (including phenoxy) is 1. The number of hydrogen-bond acceptors (Lipinski definition) is 4. The van der Waals surface area contributed by atoms with Crippen LogP contribution in [0.2, 0.25) is 0 Å². The highest BCUT2D eigenvalue weighted by Gasteiger charge is 2.30. The van der Waals surface area contributed by atoms with Crippen LogP contribution in [0.4, 0.5) is 0 Å². The van der Waals surface area contributed by atoms with Crippen LogP contribution in [0.15, 0.2) is 0 Å². The van der Waals surface area contributed by atoms with E-state index in [0.29, 0.717) is 18.6 Å². The molecule has 106 valence electrons. The van der Waals surface area contributed by atoms with Gasteiger partial charge < -0.3 is 15.0 Å². The molecule has 4 heteroatoms. The maximum Gasteiger partial charge on any atom is 0.324 e. The van der Waals surface area contributed by atoms with E-state index in [1.807, 2.05) is 6.92 Å². The normalized spacial score (nSPS) is 17.2. The van der Waals surface area contributed by atoms with Gasteiger partial charge in [0.15, 0.2) is 0 Å². The monoisotopic (exact) mass is 256 g/mol. The van der Waals surface area contributed by atoms with Crippen molar-refractivity contribution in [2.75, 3.05) is 26.2 Å². The summed E-state index contributed by atoms with van der Waals surface area (Å²) in [5.41, 5.74) is 0. The second-order valence-electron chi connectivity index (χ2n) is 5.49. The summed E-state index contributed by atoms with van der Waals surface area (Å²) in [5.74, 6) is 0.514. The van der Waals surface area contributed by atoms with Crippen molar-refractivity contribution in [1.29, 1.82) is 0 Å². The molecule has 18 heavy (non-hydrogen) atoms. The van der Waals surface area contributed by atoms with Gasteiger partial charge in [0.05, 0.1) is 6.61 Å². The number of hydrogen-bond donors (Lipinski definition) is 1. The average Bonchev–Trinajstić information content (AvgIpc) is 3.10. The van der Waals surface area contributed by atoms with Crippen LogP contribution in [0.5, 0.6) is 0 Å². The first-order valence-corrected chi connectivity index (χ1v) is 7.21. The summed E-state index contributed by atoms with van der Waals surface area (Å²) < 4.78 is 5.15. The Kier molecular flexibility index (Phi) is 6.65. The van der Waals surface area contributed by atoms with E-state index in [4.69, 9.17) is 4.74 Å². The first-order valence-electron chi connectivity index (χ1n) is 7.21. The molecule has 1 aliphatic carbocycles. The molecular formula is C14H28N2O2. The highest BCUT2D eigenvalue weighted by molar-refractivity contribution is 5.76. The average molecular weight is 256 g/mol. The lowest BCUT2D eigenvalue weighted by atomic mass is 10.2. The Hall–Kier alpha value is -0.610. The predicted molar refractivity (Wildman–Crippen MR) is 73.5 cm³/mol. The lowest BCUT2D eigenvalue weighted by Gasteiger charge is -2.27. The molecule has 0 spiro atoms. The second kappa shape index (κ2) is 7.74. The van der Waals surface area contributed by atoms with Crippen LogP contribution in [0.3, 0.4) is 0 Å². The van der Waals surface area contributed by atoms with Gasteiger partial charge in [0.2, 0.25) is 0 Å². The molecule has 0 saturated heterocycles. The highest BCUT2D eigenvalue weighted by atomic mass is 16.5. The molecule has 0 aromatic carbocycles. The van der Waals surface area contributed by atoms with E-state index in [1.165, 1.54) is 12.8 Å². The van der Waals surface area contributed by atoms with Gasteiger partial charge in [0, 0.05) is 19.1 Å². The maximum absolute atomic E-state index is 11.9. The third-order valence-electron chi connectivity index (χ3n) is 3.10. The topological polar surface area (TPSA) is 41.6 Å². The summed E-state index contributed by atoms with van der Waals surface area (Å²) in [6.45, 7) is 11.6. The number of carbonyl (C=O) groups is 1. The van der Waals surface area contributed by atoms with Crippen LogP contribution in [-0.4, -0.2) is 49.2 Å². The van der Waals surface area contributed by atoms with E-state index >= 15 is 0 Å². The van der Waals surface area contributed by atoms with Crippen LogP contribution < -0.4 is 5.32 Å². The zero-order valence-electron chi connectivity index (χ0n) is 12.2. The van der Waals surface area contributed by atoms with Crippen molar-refractivity contribution in [3.05, 3.63) is 0 Å². The van der Waals surface area contributed by atoms with Crippen molar-refractivity contribution in [2.24, 2.45) is 5.92 Å². The Labute approximate surface area is 111 Å². The minimum absolute atomic E-state index is 0.105. The van der Waals surface area contributed by atoms with Crippen molar-refractivity contribution in [1.82, 2.24) is 10.2 Å². The number of nitrogens with one attached hydrogen (secondary N) is 1. The predicted octanol–water partition coefficient (Wildman–Crippen LogP) is 1.65. The Morgan fingerprint density at radius 2 is 2.00 bits per heavy atom. The minimum atomic E-state index is -0.170. The molecule has 0 bridgehead atoms. The van der Waals surface area contributed by atoms with Gasteiger partial charge in [-0.25, -0.2) is 0 Å². The molecule has 0 heterocycles. The molecule has 1 unspecified atom stereocenters. The highest BCUT2D eigenvalue weighted by Crippen LogP contribution is 2.20. The Balaban J connectivity index is 2.48. The summed E-state index contributed by atoms with van der Waals surface area (Å²) in [7, 11) is 0. The molecule has 1 rings (SSSR count).